The highest BCUT2D eigenvalue weighted by atomic mass is 32.2. The van der Waals surface area contributed by atoms with Gasteiger partial charge in [0.1, 0.15) is 0 Å². The largest absolute Gasteiger partial charge is 0.315 e. The van der Waals surface area contributed by atoms with Gasteiger partial charge < -0.3 is 5.32 Å². The van der Waals surface area contributed by atoms with Crippen molar-refractivity contribution >= 4 is 9.84 Å². The fourth-order valence-corrected chi connectivity index (χ4v) is 4.91. The molecule has 2 fully saturated rings. The van der Waals surface area contributed by atoms with E-state index in [1.807, 2.05) is 0 Å². The van der Waals surface area contributed by atoms with E-state index in [1.54, 1.807) is 0 Å². The molecule has 1 N–H and O–H groups in total. The summed E-state index contributed by atoms with van der Waals surface area (Å²) in [6.45, 7) is 1.55. The summed E-state index contributed by atoms with van der Waals surface area (Å²) in [6.07, 6.45) is 6.04. The third-order valence-electron chi connectivity index (χ3n) is 3.50. The Bertz CT molecular complexity index is 274. The van der Waals surface area contributed by atoms with Gasteiger partial charge in [-0.1, -0.05) is 19.3 Å². The van der Waals surface area contributed by atoms with Crippen LogP contribution < -0.4 is 5.32 Å². The minimum atomic E-state index is -2.82. The van der Waals surface area contributed by atoms with Crippen LogP contribution in [0.4, 0.5) is 0 Å². The zero-order chi connectivity index (χ0) is 10.0. The molecule has 0 radical (unpaired) electrons. The third-order valence-corrected chi connectivity index (χ3v) is 6.23. The Morgan fingerprint density at radius 2 is 1.64 bits per heavy atom. The van der Waals surface area contributed by atoms with Crippen molar-refractivity contribution in [1.82, 2.24) is 5.32 Å². The first-order valence-corrected chi connectivity index (χ1v) is 7.25. The molecule has 3 nitrogen and oxygen atoms in total. The predicted molar refractivity (Wildman–Crippen MR) is 57.1 cm³/mol. The summed E-state index contributed by atoms with van der Waals surface area (Å²) in [4.78, 5) is 0. The molecule has 0 aromatic carbocycles. The first kappa shape index (κ1) is 10.4. The number of hydrogen-bond donors (Lipinski definition) is 1. The number of nitrogens with one attached hydrogen (secondary N) is 1. The zero-order valence-electron chi connectivity index (χ0n) is 8.54. The molecule has 4 heteroatoms. The van der Waals surface area contributed by atoms with E-state index >= 15 is 0 Å². The van der Waals surface area contributed by atoms with E-state index in [1.165, 1.54) is 6.42 Å². The fraction of sp³-hybridized carbons (Fsp3) is 1.00. The normalized spacial score (nSPS) is 30.7. The van der Waals surface area contributed by atoms with Gasteiger partial charge in [-0.25, -0.2) is 8.42 Å². The van der Waals surface area contributed by atoms with Gasteiger partial charge in [-0.3, -0.25) is 0 Å². The molecule has 0 spiro atoms. The van der Waals surface area contributed by atoms with Crippen molar-refractivity contribution in [2.24, 2.45) is 0 Å². The Hall–Kier alpha value is -0.0900. The molecular weight excluding hydrogens is 198 g/mol. The van der Waals surface area contributed by atoms with Crippen LogP contribution in [-0.2, 0) is 9.84 Å². The van der Waals surface area contributed by atoms with Crippen LogP contribution in [0.3, 0.4) is 0 Å². The molecule has 0 unspecified atom stereocenters. The van der Waals surface area contributed by atoms with E-state index in [-0.39, 0.29) is 10.5 Å². The van der Waals surface area contributed by atoms with Crippen LogP contribution in [0.1, 0.15) is 38.5 Å². The Morgan fingerprint density at radius 3 is 2.21 bits per heavy atom. The van der Waals surface area contributed by atoms with Crippen molar-refractivity contribution in [2.75, 3.05) is 13.1 Å². The second-order valence-corrected chi connectivity index (χ2v) is 6.98. The molecule has 1 saturated carbocycles. The first-order valence-electron chi connectivity index (χ1n) is 5.64. The third kappa shape index (κ3) is 1.96. The monoisotopic (exact) mass is 217 g/mol. The van der Waals surface area contributed by atoms with Crippen LogP contribution in [0, 0.1) is 0 Å². The Morgan fingerprint density at radius 1 is 0.929 bits per heavy atom. The van der Waals surface area contributed by atoms with Crippen LogP contribution in [0.25, 0.3) is 0 Å². The molecule has 0 aromatic rings. The van der Waals surface area contributed by atoms with Crippen LogP contribution in [-0.4, -0.2) is 32.0 Å². The smallest absolute Gasteiger partial charge is 0.157 e. The lowest BCUT2D eigenvalue weighted by Crippen LogP contribution is -2.34. The van der Waals surface area contributed by atoms with Crippen molar-refractivity contribution in [1.29, 1.82) is 0 Å². The molecule has 1 aliphatic carbocycles. The van der Waals surface area contributed by atoms with Gasteiger partial charge in [-0.2, -0.15) is 0 Å². The maximum Gasteiger partial charge on any atom is 0.157 e. The average Bonchev–Trinajstić information content (AvgIpc) is 2.72. The summed E-state index contributed by atoms with van der Waals surface area (Å²) in [7, 11) is -2.82. The summed E-state index contributed by atoms with van der Waals surface area (Å²) in [6, 6.07) is 0. The van der Waals surface area contributed by atoms with Gasteiger partial charge >= 0.3 is 0 Å². The van der Waals surface area contributed by atoms with Gasteiger partial charge in [0.25, 0.3) is 0 Å². The first-order chi connectivity index (χ1) is 6.71. The SMILES string of the molecule is O=S(=O)(C1CCCCC1)[C@H]1CCNC1. The van der Waals surface area contributed by atoms with E-state index in [4.69, 9.17) is 0 Å². The molecule has 2 aliphatic rings. The maximum absolute atomic E-state index is 12.1. The lowest BCUT2D eigenvalue weighted by Gasteiger charge is -2.24. The van der Waals surface area contributed by atoms with E-state index in [9.17, 15) is 8.42 Å². The minimum Gasteiger partial charge on any atom is -0.315 e. The van der Waals surface area contributed by atoms with Crippen LogP contribution in [0.2, 0.25) is 0 Å². The highest BCUT2D eigenvalue weighted by Crippen LogP contribution is 2.27. The summed E-state index contributed by atoms with van der Waals surface area (Å²) in [5.41, 5.74) is 0. The fourth-order valence-electron chi connectivity index (χ4n) is 2.57. The van der Waals surface area contributed by atoms with Gasteiger partial charge in [0.15, 0.2) is 9.84 Å². The van der Waals surface area contributed by atoms with Crippen LogP contribution in [0.15, 0.2) is 0 Å². The van der Waals surface area contributed by atoms with Crippen molar-refractivity contribution in [3.8, 4) is 0 Å². The van der Waals surface area contributed by atoms with Crippen molar-refractivity contribution < 1.29 is 8.42 Å². The lowest BCUT2D eigenvalue weighted by molar-refractivity contribution is 0.478. The number of hydrogen-bond acceptors (Lipinski definition) is 3. The van der Waals surface area contributed by atoms with Crippen molar-refractivity contribution in [2.45, 2.75) is 49.0 Å². The van der Waals surface area contributed by atoms with Crippen molar-refractivity contribution in [3.63, 3.8) is 0 Å². The zero-order valence-corrected chi connectivity index (χ0v) is 9.35. The quantitative estimate of drug-likeness (QED) is 0.753. The molecule has 0 aromatic heterocycles. The van der Waals surface area contributed by atoms with Crippen LogP contribution >= 0.6 is 0 Å². The average molecular weight is 217 g/mol. The van der Waals surface area contributed by atoms with Gasteiger partial charge in [-0.15, -0.1) is 0 Å². The molecule has 14 heavy (non-hydrogen) atoms. The van der Waals surface area contributed by atoms with Crippen molar-refractivity contribution in [3.05, 3.63) is 0 Å². The van der Waals surface area contributed by atoms with Crippen LogP contribution in [0.5, 0.6) is 0 Å². The number of sulfone groups is 1. The van der Waals surface area contributed by atoms with E-state index in [0.717, 1.165) is 38.6 Å². The van der Waals surface area contributed by atoms with E-state index in [2.05, 4.69) is 5.32 Å². The summed E-state index contributed by atoms with van der Waals surface area (Å²) < 4.78 is 24.3. The molecule has 1 heterocycles. The maximum atomic E-state index is 12.1. The lowest BCUT2D eigenvalue weighted by atomic mass is 10.0. The molecule has 1 atom stereocenters. The number of rotatable bonds is 2. The summed E-state index contributed by atoms with van der Waals surface area (Å²) in [5, 5.41) is 3.02. The molecule has 0 amide bonds. The van der Waals surface area contributed by atoms with Gasteiger partial charge in [0.2, 0.25) is 0 Å². The highest BCUT2D eigenvalue weighted by Gasteiger charge is 2.35. The molecule has 1 aliphatic heterocycles. The Balaban J connectivity index is 2.05. The van der Waals surface area contributed by atoms with E-state index in [0.29, 0.717) is 6.54 Å². The molecule has 1 saturated heterocycles. The van der Waals surface area contributed by atoms with E-state index < -0.39 is 9.84 Å². The minimum absolute atomic E-state index is 0.0267. The molecule has 2 rings (SSSR count). The summed E-state index contributed by atoms with van der Waals surface area (Å²) in [5.74, 6) is 0. The molecular formula is C10H19NO2S. The molecule has 82 valence electrons. The van der Waals surface area contributed by atoms with Gasteiger partial charge in [0, 0.05) is 6.54 Å². The standard InChI is InChI=1S/C10H19NO2S/c12-14(13,10-6-7-11-8-10)9-4-2-1-3-5-9/h9-11H,1-8H2/t10-/m0/s1. The topological polar surface area (TPSA) is 46.2 Å². The Kier molecular flexibility index (Phi) is 3.12. The Labute approximate surface area is 86.2 Å². The predicted octanol–water partition coefficient (Wildman–Crippen LogP) is 1.10. The van der Waals surface area contributed by atoms with Gasteiger partial charge in [0.05, 0.1) is 10.5 Å². The summed E-state index contributed by atoms with van der Waals surface area (Å²) >= 11 is 0. The molecule has 0 bridgehead atoms. The second kappa shape index (κ2) is 4.19. The second-order valence-electron chi connectivity index (χ2n) is 4.46. The van der Waals surface area contributed by atoms with Gasteiger partial charge in [-0.05, 0) is 25.8 Å². The highest BCUT2D eigenvalue weighted by molar-refractivity contribution is 7.92.